The van der Waals surface area contributed by atoms with Gasteiger partial charge in [0.25, 0.3) is 0 Å². The number of carbonyl (C=O) groups is 1. The van der Waals surface area contributed by atoms with Crippen molar-refractivity contribution >= 4 is 34.8 Å². The molecule has 2 atom stereocenters. The van der Waals surface area contributed by atoms with E-state index in [0.717, 1.165) is 12.1 Å². The van der Waals surface area contributed by atoms with Crippen LogP contribution in [0.25, 0.3) is 0 Å². The molecule has 0 spiro atoms. The Morgan fingerprint density at radius 3 is 2.67 bits per heavy atom. The fourth-order valence-electron chi connectivity index (χ4n) is 3.00. The third-order valence-corrected chi connectivity index (χ3v) is 4.74. The van der Waals surface area contributed by atoms with Gasteiger partial charge < -0.3 is 15.4 Å². The predicted molar refractivity (Wildman–Crippen MR) is 94.0 cm³/mol. The summed E-state index contributed by atoms with van der Waals surface area (Å²) in [4.78, 5) is 12.7. The van der Waals surface area contributed by atoms with Crippen molar-refractivity contribution in [1.82, 2.24) is 15.1 Å². The van der Waals surface area contributed by atoms with Crippen molar-refractivity contribution in [2.45, 2.75) is 5.92 Å². The van der Waals surface area contributed by atoms with E-state index in [1.807, 2.05) is 13.2 Å². The van der Waals surface area contributed by atoms with E-state index < -0.39 is 0 Å². The zero-order chi connectivity index (χ0) is 17.3. The first-order valence-electron chi connectivity index (χ1n) is 7.52. The summed E-state index contributed by atoms with van der Waals surface area (Å²) in [5.74, 6) is 0.218. The lowest BCUT2D eigenvalue weighted by Crippen LogP contribution is -2.28. The highest BCUT2D eigenvalue weighted by atomic mass is 35.5. The van der Waals surface area contributed by atoms with E-state index in [0.29, 0.717) is 28.0 Å². The molecule has 3 rings (SSSR count). The summed E-state index contributed by atoms with van der Waals surface area (Å²) in [7, 11) is 3.36. The molecule has 0 bridgehead atoms. The van der Waals surface area contributed by atoms with Gasteiger partial charge in [0, 0.05) is 37.9 Å². The third-order valence-electron chi connectivity index (χ3n) is 4.17. The van der Waals surface area contributed by atoms with Gasteiger partial charge in [0.15, 0.2) is 5.75 Å². The van der Waals surface area contributed by atoms with Crippen molar-refractivity contribution in [1.29, 1.82) is 0 Å². The zero-order valence-electron chi connectivity index (χ0n) is 13.3. The second-order valence-electron chi connectivity index (χ2n) is 5.78. The van der Waals surface area contributed by atoms with Crippen molar-refractivity contribution in [3.8, 4) is 5.75 Å². The monoisotopic (exact) mass is 368 g/mol. The van der Waals surface area contributed by atoms with Gasteiger partial charge in [0.2, 0.25) is 5.91 Å². The Bertz CT molecular complexity index is 739. The summed E-state index contributed by atoms with van der Waals surface area (Å²) >= 11 is 12.2. The van der Waals surface area contributed by atoms with Gasteiger partial charge in [-0.1, -0.05) is 23.2 Å². The molecule has 24 heavy (non-hydrogen) atoms. The van der Waals surface area contributed by atoms with E-state index in [4.69, 9.17) is 27.9 Å². The number of hydrogen-bond donors (Lipinski definition) is 2. The molecule has 2 N–H and O–H groups in total. The summed E-state index contributed by atoms with van der Waals surface area (Å²) < 4.78 is 6.86. The van der Waals surface area contributed by atoms with E-state index in [-0.39, 0.29) is 17.7 Å². The summed E-state index contributed by atoms with van der Waals surface area (Å²) in [6, 6.07) is 3.26. The number of nitrogens with zero attached hydrogens (tertiary/aromatic N) is 2. The molecule has 2 aromatic rings. The van der Waals surface area contributed by atoms with E-state index in [9.17, 15) is 4.79 Å². The summed E-state index contributed by atoms with van der Waals surface area (Å²) in [5, 5.41) is 11.1. The molecule has 1 amide bonds. The van der Waals surface area contributed by atoms with Crippen LogP contribution in [0.5, 0.6) is 5.75 Å². The summed E-state index contributed by atoms with van der Waals surface area (Å²) in [6.07, 6.45) is 3.75. The molecule has 0 aliphatic carbocycles. The minimum atomic E-state index is -0.186. The fraction of sp³-hybridized carbons (Fsp3) is 0.375. The Kier molecular flexibility index (Phi) is 4.99. The topological polar surface area (TPSA) is 68.2 Å². The molecule has 1 aliphatic heterocycles. The van der Waals surface area contributed by atoms with Crippen LogP contribution in [0.15, 0.2) is 24.5 Å². The van der Waals surface area contributed by atoms with Crippen LogP contribution in [0.2, 0.25) is 10.0 Å². The standard InChI is InChI=1S/C16H18Cl2N4O2/c1-22-8-9(5-20-22)11-6-19-7-12(11)16(23)21-10-3-13(17)15(24-2)14(18)4-10/h3-5,8,11-12,19H,6-7H2,1-2H3,(H,21,23)/t11-,12+/m1/s1. The maximum absolute atomic E-state index is 12.7. The van der Waals surface area contributed by atoms with Crippen LogP contribution in [-0.2, 0) is 11.8 Å². The van der Waals surface area contributed by atoms with Crippen molar-refractivity contribution in [2.75, 3.05) is 25.5 Å². The van der Waals surface area contributed by atoms with Gasteiger partial charge in [0.1, 0.15) is 0 Å². The van der Waals surface area contributed by atoms with Crippen molar-refractivity contribution < 1.29 is 9.53 Å². The number of nitrogens with one attached hydrogen (secondary N) is 2. The maximum Gasteiger partial charge on any atom is 0.229 e. The highest BCUT2D eigenvalue weighted by Gasteiger charge is 2.34. The van der Waals surface area contributed by atoms with Crippen LogP contribution >= 0.6 is 23.2 Å². The van der Waals surface area contributed by atoms with Gasteiger partial charge in [-0.2, -0.15) is 5.10 Å². The minimum Gasteiger partial charge on any atom is -0.494 e. The molecule has 6 nitrogen and oxygen atoms in total. The van der Waals surface area contributed by atoms with E-state index in [2.05, 4.69) is 15.7 Å². The molecule has 1 aliphatic rings. The number of carbonyl (C=O) groups excluding carboxylic acids is 1. The van der Waals surface area contributed by atoms with Gasteiger partial charge in [0.05, 0.1) is 29.3 Å². The van der Waals surface area contributed by atoms with Crippen LogP contribution in [0, 0.1) is 5.92 Å². The first-order valence-corrected chi connectivity index (χ1v) is 8.28. The normalized spacial score (nSPS) is 20.2. The zero-order valence-corrected chi connectivity index (χ0v) is 14.9. The van der Waals surface area contributed by atoms with Gasteiger partial charge >= 0.3 is 0 Å². The lowest BCUT2D eigenvalue weighted by molar-refractivity contribution is -0.119. The Balaban J connectivity index is 1.77. The minimum absolute atomic E-state index is 0.0776. The SMILES string of the molecule is COc1c(Cl)cc(NC(=O)[C@H]2CNC[C@@H]2c2cnn(C)c2)cc1Cl. The molecule has 1 aromatic heterocycles. The number of benzene rings is 1. The summed E-state index contributed by atoms with van der Waals surface area (Å²) in [6.45, 7) is 1.36. The fourth-order valence-corrected chi connectivity index (χ4v) is 3.64. The number of aryl methyl sites for hydroxylation is 1. The van der Waals surface area contributed by atoms with Crippen molar-refractivity contribution in [3.63, 3.8) is 0 Å². The van der Waals surface area contributed by atoms with Gasteiger partial charge in [-0.05, 0) is 17.7 Å². The van der Waals surface area contributed by atoms with Gasteiger partial charge in [-0.3, -0.25) is 9.48 Å². The third kappa shape index (κ3) is 3.36. The number of aromatic nitrogens is 2. The Morgan fingerprint density at radius 2 is 2.08 bits per heavy atom. The lowest BCUT2D eigenvalue weighted by Gasteiger charge is -2.17. The van der Waals surface area contributed by atoms with E-state index >= 15 is 0 Å². The summed E-state index contributed by atoms with van der Waals surface area (Å²) in [5.41, 5.74) is 1.60. The van der Waals surface area contributed by atoms with Gasteiger partial charge in [-0.15, -0.1) is 0 Å². The van der Waals surface area contributed by atoms with E-state index in [1.54, 1.807) is 23.0 Å². The first-order chi connectivity index (χ1) is 11.5. The second kappa shape index (κ2) is 7.01. The number of methoxy groups -OCH3 is 1. The van der Waals surface area contributed by atoms with E-state index in [1.165, 1.54) is 7.11 Å². The molecular weight excluding hydrogens is 351 g/mol. The molecule has 0 radical (unpaired) electrons. The Hall–Kier alpha value is -1.76. The van der Waals surface area contributed by atoms with Crippen LogP contribution in [0.4, 0.5) is 5.69 Å². The molecule has 2 heterocycles. The maximum atomic E-state index is 12.7. The molecule has 1 fully saturated rings. The average Bonchev–Trinajstić information content (AvgIpc) is 3.15. The first kappa shape index (κ1) is 17.1. The number of hydrogen-bond acceptors (Lipinski definition) is 4. The second-order valence-corrected chi connectivity index (χ2v) is 6.60. The number of rotatable bonds is 4. The van der Waals surface area contributed by atoms with Crippen LogP contribution in [0.1, 0.15) is 11.5 Å². The number of amides is 1. The molecule has 128 valence electrons. The molecular formula is C16H18Cl2N4O2. The highest BCUT2D eigenvalue weighted by molar-refractivity contribution is 6.37. The average molecular weight is 369 g/mol. The number of ether oxygens (including phenoxy) is 1. The molecule has 0 unspecified atom stereocenters. The van der Waals surface area contributed by atoms with Crippen LogP contribution < -0.4 is 15.4 Å². The number of anilines is 1. The number of halogens is 2. The van der Waals surface area contributed by atoms with Gasteiger partial charge in [-0.25, -0.2) is 0 Å². The van der Waals surface area contributed by atoms with Crippen molar-refractivity contribution in [3.05, 3.63) is 40.1 Å². The highest BCUT2D eigenvalue weighted by Crippen LogP contribution is 2.36. The Morgan fingerprint density at radius 1 is 1.38 bits per heavy atom. The molecule has 8 heteroatoms. The smallest absolute Gasteiger partial charge is 0.229 e. The molecule has 1 saturated heterocycles. The molecule has 1 aromatic carbocycles. The predicted octanol–water partition coefficient (Wildman–Crippen LogP) is 2.68. The van der Waals surface area contributed by atoms with Crippen LogP contribution in [0.3, 0.4) is 0 Å². The molecule has 0 saturated carbocycles. The van der Waals surface area contributed by atoms with Crippen molar-refractivity contribution in [2.24, 2.45) is 13.0 Å². The van der Waals surface area contributed by atoms with Crippen LogP contribution in [-0.4, -0.2) is 35.9 Å². The largest absolute Gasteiger partial charge is 0.494 e. The Labute approximate surface area is 150 Å². The quantitative estimate of drug-likeness (QED) is 0.870. The lowest BCUT2D eigenvalue weighted by atomic mass is 9.90.